The molecule has 1 aliphatic carbocycles. The fourth-order valence-electron chi connectivity index (χ4n) is 5.23. The van der Waals surface area contributed by atoms with Gasteiger partial charge < -0.3 is 14.5 Å². The van der Waals surface area contributed by atoms with E-state index in [4.69, 9.17) is 4.74 Å². The Labute approximate surface area is 212 Å². The molecule has 3 rings (SSSR count). The maximum Gasteiger partial charge on any atom is 0.329 e. The van der Waals surface area contributed by atoms with Crippen molar-refractivity contribution in [2.75, 3.05) is 30.9 Å². The highest BCUT2D eigenvalue weighted by atomic mass is 16.5. The number of benzene rings is 2. The molecule has 0 unspecified atom stereocenters. The molecule has 1 aliphatic rings. The number of aliphatic imine (C=N–C) groups is 1. The van der Waals surface area contributed by atoms with E-state index >= 15 is 0 Å². The highest BCUT2D eigenvalue weighted by molar-refractivity contribution is 6.13. The van der Waals surface area contributed by atoms with E-state index < -0.39 is 6.04 Å². The number of rotatable bonds is 7. The molecule has 35 heavy (non-hydrogen) atoms. The molecule has 0 aliphatic heterocycles. The average Bonchev–Trinajstić information content (AvgIpc) is 2.82. The Morgan fingerprint density at radius 1 is 1.03 bits per heavy atom. The Balaban J connectivity index is 1.96. The molecule has 2 aromatic rings. The zero-order chi connectivity index (χ0) is 25.7. The van der Waals surface area contributed by atoms with Gasteiger partial charge in [0.05, 0.1) is 0 Å². The molecule has 0 heterocycles. The van der Waals surface area contributed by atoms with Crippen LogP contribution in [0.2, 0.25) is 0 Å². The predicted octanol–water partition coefficient (Wildman–Crippen LogP) is 6.34. The van der Waals surface area contributed by atoms with Gasteiger partial charge >= 0.3 is 5.97 Å². The molecule has 1 saturated carbocycles. The first-order valence-electron chi connectivity index (χ1n) is 12.9. The van der Waals surface area contributed by atoms with E-state index in [1.807, 2.05) is 38.1 Å². The molecule has 0 amide bonds. The fourth-order valence-corrected chi connectivity index (χ4v) is 5.23. The van der Waals surface area contributed by atoms with E-state index in [0.717, 1.165) is 41.2 Å². The molecule has 0 bridgehead atoms. The number of hydrogen-bond donors (Lipinski definition) is 0. The standard InChI is InChI=1S/C30H43N3O2/c1-20(2)26-18-13-21(3)19-28(26)35-30(34)23(5)33(27-12-10-9-11-22(27)4)29(31-6)24-14-16-25(17-15-24)32(7)8/h9-12,14-17,20-21,23,26,28H,13,18-19H2,1-8H3/b31-29+/t21-,23-,26+,28-/m1/s1. The molecule has 4 atom stereocenters. The zero-order valence-corrected chi connectivity index (χ0v) is 22.8. The van der Waals surface area contributed by atoms with Gasteiger partial charge in [-0.05, 0) is 80.3 Å². The van der Waals surface area contributed by atoms with Crippen LogP contribution in [0.25, 0.3) is 0 Å². The van der Waals surface area contributed by atoms with Crippen molar-refractivity contribution < 1.29 is 9.53 Å². The predicted molar refractivity (Wildman–Crippen MR) is 148 cm³/mol. The quantitative estimate of drug-likeness (QED) is 0.265. The summed E-state index contributed by atoms with van der Waals surface area (Å²) in [5.41, 5.74) is 4.13. The van der Waals surface area contributed by atoms with Gasteiger partial charge in [0.25, 0.3) is 0 Å². The lowest BCUT2D eigenvalue weighted by molar-refractivity contribution is -0.156. The van der Waals surface area contributed by atoms with Crippen molar-refractivity contribution in [2.45, 2.75) is 66.0 Å². The molecule has 5 heteroatoms. The summed E-state index contributed by atoms with van der Waals surface area (Å²) in [5.74, 6) is 2.04. The summed E-state index contributed by atoms with van der Waals surface area (Å²) in [6.45, 7) is 10.7. The highest BCUT2D eigenvalue weighted by Gasteiger charge is 2.36. The van der Waals surface area contributed by atoms with Gasteiger partial charge in [-0.15, -0.1) is 0 Å². The average molecular weight is 478 g/mol. The van der Waals surface area contributed by atoms with Gasteiger partial charge in [0.15, 0.2) is 0 Å². The summed E-state index contributed by atoms with van der Waals surface area (Å²) in [7, 11) is 5.84. The van der Waals surface area contributed by atoms with Gasteiger partial charge in [-0.1, -0.05) is 45.4 Å². The van der Waals surface area contributed by atoms with Crippen molar-refractivity contribution in [2.24, 2.45) is 22.7 Å². The van der Waals surface area contributed by atoms with Crippen LogP contribution in [0.4, 0.5) is 11.4 Å². The van der Waals surface area contributed by atoms with Gasteiger partial charge in [-0.2, -0.15) is 0 Å². The Bertz CT molecular complexity index is 1010. The Morgan fingerprint density at radius 2 is 1.69 bits per heavy atom. The smallest absolute Gasteiger partial charge is 0.329 e. The van der Waals surface area contributed by atoms with Crippen LogP contribution in [0.1, 0.15) is 58.1 Å². The third kappa shape index (κ3) is 6.25. The van der Waals surface area contributed by atoms with E-state index in [9.17, 15) is 4.79 Å². The van der Waals surface area contributed by atoms with E-state index in [2.05, 4.69) is 74.0 Å². The van der Waals surface area contributed by atoms with Gasteiger partial charge in [0, 0.05) is 38.1 Å². The van der Waals surface area contributed by atoms with Crippen molar-refractivity contribution >= 4 is 23.2 Å². The van der Waals surface area contributed by atoms with Crippen LogP contribution in [0.15, 0.2) is 53.5 Å². The zero-order valence-electron chi connectivity index (χ0n) is 22.8. The summed E-state index contributed by atoms with van der Waals surface area (Å²) in [4.78, 5) is 22.5. The minimum Gasteiger partial charge on any atom is -0.461 e. The van der Waals surface area contributed by atoms with Crippen molar-refractivity contribution in [3.05, 3.63) is 59.7 Å². The van der Waals surface area contributed by atoms with E-state index in [1.165, 1.54) is 6.42 Å². The van der Waals surface area contributed by atoms with Crippen molar-refractivity contribution in [3.8, 4) is 0 Å². The Hall–Kier alpha value is -2.82. The number of esters is 1. The monoisotopic (exact) mass is 477 g/mol. The SMILES string of the molecule is C/N=C(\c1ccc(N(C)C)cc1)N(c1ccccc1C)[C@H](C)C(=O)O[C@@H]1C[C@H](C)CC[C@H]1C(C)C. The Kier molecular flexibility index (Phi) is 8.98. The van der Waals surface area contributed by atoms with E-state index in [0.29, 0.717) is 17.8 Å². The van der Waals surface area contributed by atoms with Gasteiger partial charge in [0.1, 0.15) is 18.0 Å². The molecule has 0 spiro atoms. The maximum atomic E-state index is 13.7. The van der Waals surface area contributed by atoms with E-state index in [1.54, 1.807) is 7.05 Å². The largest absolute Gasteiger partial charge is 0.461 e. The molecule has 0 saturated heterocycles. The van der Waals surface area contributed by atoms with Gasteiger partial charge in [0.2, 0.25) is 0 Å². The first-order valence-corrected chi connectivity index (χ1v) is 12.9. The summed E-state index contributed by atoms with van der Waals surface area (Å²) in [5, 5.41) is 0. The lowest BCUT2D eigenvalue weighted by atomic mass is 9.75. The minimum absolute atomic E-state index is 0.0335. The number of hydrogen-bond acceptors (Lipinski definition) is 4. The second-order valence-electron chi connectivity index (χ2n) is 10.6. The summed E-state index contributed by atoms with van der Waals surface area (Å²) >= 11 is 0. The van der Waals surface area contributed by atoms with Crippen LogP contribution in [0.3, 0.4) is 0 Å². The molecular weight excluding hydrogens is 434 g/mol. The number of amidine groups is 1. The van der Waals surface area contributed by atoms with Crippen LogP contribution in [0.5, 0.6) is 0 Å². The van der Waals surface area contributed by atoms with Crippen LogP contribution in [0, 0.1) is 24.7 Å². The molecular formula is C30H43N3O2. The summed E-state index contributed by atoms with van der Waals surface area (Å²) in [6, 6.07) is 15.9. The number of anilines is 2. The van der Waals surface area contributed by atoms with Crippen LogP contribution in [-0.2, 0) is 9.53 Å². The van der Waals surface area contributed by atoms with Gasteiger partial charge in [-0.25, -0.2) is 4.79 Å². The van der Waals surface area contributed by atoms with E-state index in [-0.39, 0.29) is 12.1 Å². The molecule has 1 fully saturated rings. The minimum atomic E-state index is -0.520. The third-order valence-electron chi connectivity index (χ3n) is 7.41. The highest BCUT2D eigenvalue weighted by Crippen LogP contribution is 2.36. The van der Waals surface area contributed by atoms with Crippen LogP contribution < -0.4 is 9.80 Å². The van der Waals surface area contributed by atoms with Crippen LogP contribution >= 0.6 is 0 Å². The number of ether oxygens (including phenoxy) is 1. The molecule has 0 aromatic heterocycles. The molecule has 2 aromatic carbocycles. The number of aryl methyl sites for hydroxylation is 1. The topological polar surface area (TPSA) is 45.1 Å². The fraction of sp³-hybridized carbons (Fsp3) is 0.533. The first-order chi connectivity index (χ1) is 16.6. The number of carbonyl (C=O) groups is 1. The second kappa shape index (κ2) is 11.7. The van der Waals surface area contributed by atoms with Crippen molar-refractivity contribution in [3.63, 3.8) is 0 Å². The number of carbonyl (C=O) groups excluding carboxylic acids is 1. The second-order valence-corrected chi connectivity index (χ2v) is 10.6. The summed E-state index contributed by atoms with van der Waals surface area (Å²) in [6.07, 6.45) is 3.23. The summed E-state index contributed by atoms with van der Waals surface area (Å²) < 4.78 is 6.28. The molecule has 5 nitrogen and oxygen atoms in total. The molecule has 190 valence electrons. The molecule has 0 radical (unpaired) electrons. The van der Waals surface area contributed by atoms with Crippen LogP contribution in [-0.4, -0.2) is 45.1 Å². The Morgan fingerprint density at radius 3 is 2.26 bits per heavy atom. The normalized spacial score (nSPS) is 21.5. The van der Waals surface area contributed by atoms with Crippen molar-refractivity contribution in [1.82, 2.24) is 0 Å². The lowest BCUT2D eigenvalue weighted by Crippen LogP contribution is -2.47. The number of para-hydroxylation sites is 1. The third-order valence-corrected chi connectivity index (χ3v) is 7.41. The first kappa shape index (κ1) is 26.8. The van der Waals surface area contributed by atoms with Gasteiger partial charge in [-0.3, -0.25) is 4.99 Å². The van der Waals surface area contributed by atoms with Crippen molar-refractivity contribution in [1.29, 1.82) is 0 Å². The number of nitrogens with zero attached hydrogens (tertiary/aromatic N) is 3. The maximum absolute atomic E-state index is 13.7. The molecule has 0 N–H and O–H groups in total. The lowest BCUT2D eigenvalue weighted by Gasteiger charge is -2.38.